The number of hydrogen-bond donors (Lipinski definition) is 1. The minimum atomic E-state index is -0.285. The minimum absolute atomic E-state index is 0.00712. The van der Waals surface area contributed by atoms with Gasteiger partial charge in [-0.25, -0.2) is 4.39 Å². The van der Waals surface area contributed by atoms with Crippen molar-refractivity contribution in [3.05, 3.63) is 35.6 Å². The van der Waals surface area contributed by atoms with Gasteiger partial charge in [0.1, 0.15) is 5.82 Å². The quantitative estimate of drug-likeness (QED) is 0.816. The SMILES string of the molecule is CC(C)N(CCO)C(=O)[C@@H]1CCC(=O)N(CCc2cccc(F)c2)C1. The van der Waals surface area contributed by atoms with Crippen LogP contribution in [0.5, 0.6) is 0 Å². The van der Waals surface area contributed by atoms with Crippen molar-refractivity contribution < 1.29 is 19.1 Å². The number of aliphatic hydroxyl groups excluding tert-OH is 1. The normalized spacial score (nSPS) is 17.9. The molecular formula is C19H27FN2O3. The Morgan fingerprint density at radius 2 is 2.20 bits per heavy atom. The smallest absolute Gasteiger partial charge is 0.227 e. The maximum absolute atomic E-state index is 13.3. The lowest BCUT2D eigenvalue weighted by atomic mass is 9.95. The van der Waals surface area contributed by atoms with E-state index in [9.17, 15) is 19.1 Å². The summed E-state index contributed by atoms with van der Waals surface area (Å²) in [4.78, 5) is 28.3. The predicted octanol–water partition coefficient (Wildman–Crippen LogP) is 1.84. The summed E-state index contributed by atoms with van der Waals surface area (Å²) in [5.74, 6) is -0.489. The molecule has 1 N–H and O–H groups in total. The average molecular weight is 350 g/mol. The molecule has 1 atom stereocenters. The Balaban J connectivity index is 1.98. The van der Waals surface area contributed by atoms with Crippen LogP contribution in [-0.2, 0) is 16.0 Å². The largest absolute Gasteiger partial charge is 0.395 e. The van der Waals surface area contributed by atoms with Crippen molar-refractivity contribution in [2.45, 2.75) is 39.2 Å². The van der Waals surface area contributed by atoms with Crippen molar-refractivity contribution in [2.75, 3.05) is 26.2 Å². The number of carbonyl (C=O) groups excluding carboxylic acids is 2. The summed E-state index contributed by atoms with van der Waals surface area (Å²) in [6, 6.07) is 6.37. The van der Waals surface area contributed by atoms with Gasteiger partial charge in [-0.2, -0.15) is 0 Å². The predicted molar refractivity (Wildman–Crippen MR) is 93.3 cm³/mol. The zero-order valence-corrected chi connectivity index (χ0v) is 14.9. The Labute approximate surface area is 148 Å². The molecule has 0 bridgehead atoms. The van der Waals surface area contributed by atoms with Gasteiger partial charge in [0, 0.05) is 32.1 Å². The van der Waals surface area contributed by atoms with E-state index in [2.05, 4.69) is 0 Å². The molecule has 2 rings (SSSR count). The van der Waals surface area contributed by atoms with Gasteiger partial charge in [-0.15, -0.1) is 0 Å². The minimum Gasteiger partial charge on any atom is -0.395 e. The lowest BCUT2D eigenvalue weighted by Gasteiger charge is -2.36. The van der Waals surface area contributed by atoms with E-state index in [0.717, 1.165) is 5.56 Å². The molecule has 0 unspecified atom stereocenters. The highest BCUT2D eigenvalue weighted by atomic mass is 19.1. The molecule has 0 radical (unpaired) electrons. The van der Waals surface area contributed by atoms with Crippen LogP contribution in [0.25, 0.3) is 0 Å². The van der Waals surface area contributed by atoms with Crippen LogP contribution in [0.4, 0.5) is 4.39 Å². The summed E-state index contributed by atoms with van der Waals surface area (Å²) in [5.41, 5.74) is 0.838. The lowest BCUT2D eigenvalue weighted by molar-refractivity contribution is -0.144. The Hall–Kier alpha value is -1.95. The second-order valence-electron chi connectivity index (χ2n) is 6.80. The summed E-state index contributed by atoms with van der Waals surface area (Å²) in [7, 11) is 0. The number of amides is 2. The first-order chi connectivity index (χ1) is 11.9. The van der Waals surface area contributed by atoms with Crippen molar-refractivity contribution in [2.24, 2.45) is 5.92 Å². The van der Waals surface area contributed by atoms with Gasteiger partial charge in [0.15, 0.2) is 0 Å². The molecule has 1 saturated heterocycles. The number of nitrogens with zero attached hydrogens (tertiary/aromatic N) is 2. The second kappa shape index (κ2) is 8.94. The topological polar surface area (TPSA) is 60.9 Å². The molecule has 0 spiro atoms. The van der Waals surface area contributed by atoms with Gasteiger partial charge in [0.2, 0.25) is 11.8 Å². The van der Waals surface area contributed by atoms with Crippen LogP contribution < -0.4 is 0 Å². The van der Waals surface area contributed by atoms with Crippen molar-refractivity contribution >= 4 is 11.8 Å². The molecule has 1 aromatic carbocycles. The number of likely N-dealkylation sites (tertiary alicyclic amines) is 1. The van der Waals surface area contributed by atoms with E-state index >= 15 is 0 Å². The first-order valence-corrected chi connectivity index (χ1v) is 8.86. The molecule has 0 saturated carbocycles. The van der Waals surface area contributed by atoms with Crippen LogP contribution in [0.2, 0.25) is 0 Å². The number of carbonyl (C=O) groups is 2. The van der Waals surface area contributed by atoms with Crippen LogP contribution >= 0.6 is 0 Å². The van der Waals surface area contributed by atoms with E-state index in [1.165, 1.54) is 12.1 Å². The highest BCUT2D eigenvalue weighted by molar-refractivity contribution is 5.84. The summed E-state index contributed by atoms with van der Waals surface area (Å²) in [6.07, 6.45) is 1.46. The van der Waals surface area contributed by atoms with Gasteiger partial charge in [0.25, 0.3) is 0 Å². The number of piperidine rings is 1. The maximum Gasteiger partial charge on any atom is 0.227 e. The third-order valence-electron chi connectivity index (χ3n) is 4.66. The van der Waals surface area contributed by atoms with E-state index < -0.39 is 0 Å². The number of aliphatic hydroxyl groups is 1. The fourth-order valence-corrected chi connectivity index (χ4v) is 3.25. The van der Waals surface area contributed by atoms with E-state index in [-0.39, 0.29) is 36.2 Å². The number of benzene rings is 1. The Bertz CT molecular complexity index is 606. The summed E-state index contributed by atoms with van der Waals surface area (Å²) >= 11 is 0. The van der Waals surface area contributed by atoms with Gasteiger partial charge < -0.3 is 14.9 Å². The number of hydrogen-bond acceptors (Lipinski definition) is 3. The van der Waals surface area contributed by atoms with E-state index in [0.29, 0.717) is 38.9 Å². The first kappa shape index (κ1) is 19.4. The van der Waals surface area contributed by atoms with E-state index in [4.69, 9.17) is 0 Å². The zero-order valence-electron chi connectivity index (χ0n) is 14.9. The Kier molecular flexibility index (Phi) is 6.93. The number of rotatable bonds is 7. The molecule has 0 aliphatic carbocycles. The summed E-state index contributed by atoms with van der Waals surface area (Å²) in [6.45, 7) is 4.95. The molecule has 1 aromatic rings. The average Bonchev–Trinajstić information content (AvgIpc) is 2.58. The first-order valence-electron chi connectivity index (χ1n) is 8.86. The van der Waals surface area contributed by atoms with Crippen LogP contribution in [0, 0.1) is 11.7 Å². The fraction of sp³-hybridized carbons (Fsp3) is 0.579. The van der Waals surface area contributed by atoms with Gasteiger partial charge in [0.05, 0.1) is 12.5 Å². The lowest BCUT2D eigenvalue weighted by Crippen LogP contribution is -2.49. The Morgan fingerprint density at radius 3 is 2.84 bits per heavy atom. The van der Waals surface area contributed by atoms with Gasteiger partial charge in [-0.1, -0.05) is 12.1 Å². The highest BCUT2D eigenvalue weighted by Crippen LogP contribution is 2.21. The van der Waals surface area contributed by atoms with Crippen molar-refractivity contribution in [3.63, 3.8) is 0 Å². The van der Waals surface area contributed by atoms with Crippen molar-refractivity contribution in [1.29, 1.82) is 0 Å². The summed E-state index contributed by atoms with van der Waals surface area (Å²) < 4.78 is 13.3. The number of halogens is 1. The fourth-order valence-electron chi connectivity index (χ4n) is 3.25. The van der Waals surface area contributed by atoms with Gasteiger partial charge in [-0.05, 0) is 44.4 Å². The van der Waals surface area contributed by atoms with Crippen LogP contribution in [-0.4, -0.2) is 59.0 Å². The molecule has 0 aromatic heterocycles. The van der Waals surface area contributed by atoms with Crippen LogP contribution in [0.3, 0.4) is 0 Å². The molecule has 6 heteroatoms. The van der Waals surface area contributed by atoms with Crippen molar-refractivity contribution in [1.82, 2.24) is 9.80 Å². The monoisotopic (exact) mass is 350 g/mol. The van der Waals surface area contributed by atoms with E-state index in [1.807, 2.05) is 19.9 Å². The highest BCUT2D eigenvalue weighted by Gasteiger charge is 2.33. The van der Waals surface area contributed by atoms with E-state index in [1.54, 1.807) is 15.9 Å². The summed E-state index contributed by atoms with van der Waals surface area (Å²) in [5, 5.41) is 9.17. The molecule has 1 aliphatic rings. The van der Waals surface area contributed by atoms with Crippen LogP contribution in [0.15, 0.2) is 24.3 Å². The molecule has 1 aliphatic heterocycles. The molecule has 25 heavy (non-hydrogen) atoms. The van der Waals surface area contributed by atoms with Crippen LogP contribution in [0.1, 0.15) is 32.3 Å². The van der Waals surface area contributed by atoms with Gasteiger partial charge in [-0.3, -0.25) is 9.59 Å². The standard InChI is InChI=1S/C19H27FN2O3/c1-14(2)22(10-11-23)19(25)16-6-7-18(24)21(13-16)9-8-15-4-3-5-17(20)12-15/h3-5,12,14,16,23H,6-11,13H2,1-2H3/t16-/m1/s1. The molecule has 5 nitrogen and oxygen atoms in total. The molecule has 2 amide bonds. The van der Waals surface area contributed by atoms with Gasteiger partial charge >= 0.3 is 0 Å². The molecular weight excluding hydrogens is 323 g/mol. The molecule has 1 heterocycles. The van der Waals surface area contributed by atoms with Crippen molar-refractivity contribution in [3.8, 4) is 0 Å². The molecule has 138 valence electrons. The Morgan fingerprint density at radius 1 is 1.44 bits per heavy atom. The maximum atomic E-state index is 13.3. The second-order valence-corrected chi connectivity index (χ2v) is 6.80. The third-order valence-corrected chi connectivity index (χ3v) is 4.66. The zero-order chi connectivity index (χ0) is 18.4. The third kappa shape index (κ3) is 5.26. The molecule has 1 fully saturated rings.